The molecule has 0 spiro atoms. The maximum Gasteiger partial charge on any atom is 0.416 e. The van der Waals surface area contributed by atoms with Crippen molar-refractivity contribution in [3.05, 3.63) is 58.6 Å². The van der Waals surface area contributed by atoms with Crippen LogP contribution in [0.25, 0.3) is 0 Å². The third kappa shape index (κ3) is 8.26. The van der Waals surface area contributed by atoms with Crippen LogP contribution in [0.3, 0.4) is 0 Å². The Labute approximate surface area is 237 Å². The van der Waals surface area contributed by atoms with E-state index < -0.39 is 51.9 Å². The second kappa shape index (κ2) is 13.1. The standard InChI is InChI=1S/C27H33ClF3N3O5S/c1-18(26(36)32-21-9-5-4-6-10-21)33(16-19-8-7-11-22(14-19)39-2)25(35)17-34(40(3,37)38)24-15-20(27(29,30)31)12-13-23(24)28/h7-8,11-15,18,21H,4-6,9-10,16-17H2,1-3H3,(H,32,36)/t18-/m0/s1. The minimum absolute atomic E-state index is 0.0334. The van der Waals surface area contributed by atoms with Gasteiger partial charge in [0.25, 0.3) is 0 Å². The Morgan fingerprint density at radius 2 is 1.80 bits per heavy atom. The Morgan fingerprint density at radius 1 is 1.12 bits per heavy atom. The first-order valence-corrected chi connectivity index (χ1v) is 15.0. The molecule has 1 atom stereocenters. The smallest absolute Gasteiger partial charge is 0.416 e. The number of hydrogen-bond acceptors (Lipinski definition) is 5. The highest BCUT2D eigenvalue weighted by molar-refractivity contribution is 7.92. The number of rotatable bonds is 10. The molecule has 3 rings (SSSR count). The largest absolute Gasteiger partial charge is 0.497 e. The second-order valence-corrected chi connectivity index (χ2v) is 12.1. The van der Waals surface area contributed by atoms with Gasteiger partial charge in [-0.3, -0.25) is 13.9 Å². The number of ether oxygens (including phenoxy) is 1. The monoisotopic (exact) mass is 603 g/mol. The van der Waals surface area contributed by atoms with E-state index in [9.17, 15) is 31.2 Å². The molecule has 8 nitrogen and oxygen atoms in total. The summed E-state index contributed by atoms with van der Waals surface area (Å²) in [6.07, 6.45) is 0.678. The highest BCUT2D eigenvalue weighted by atomic mass is 35.5. The molecule has 1 saturated carbocycles. The van der Waals surface area contributed by atoms with Crippen LogP contribution in [-0.4, -0.2) is 57.1 Å². The molecular formula is C27H33ClF3N3O5S. The van der Waals surface area contributed by atoms with Crippen molar-refractivity contribution in [1.82, 2.24) is 10.2 Å². The number of methoxy groups -OCH3 is 1. The lowest BCUT2D eigenvalue weighted by atomic mass is 9.95. The van der Waals surface area contributed by atoms with E-state index in [0.717, 1.165) is 50.5 Å². The van der Waals surface area contributed by atoms with Crippen molar-refractivity contribution < 1.29 is 35.9 Å². The van der Waals surface area contributed by atoms with E-state index in [0.29, 0.717) is 21.7 Å². The Kier molecular flexibility index (Phi) is 10.3. The van der Waals surface area contributed by atoms with Gasteiger partial charge in [-0.1, -0.05) is 43.0 Å². The van der Waals surface area contributed by atoms with Gasteiger partial charge in [-0.25, -0.2) is 8.42 Å². The molecule has 0 radical (unpaired) electrons. The number of sulfonamides is 1. The van der Waals surface area contributed by atoms with Crippen LogP contribution < -0.4 is 14.4 Å². The number of halogens is 4. The predicted molar refractivity (Wildman–Crippen MR) is 147 cm³/mol. The first-order valence-electron chi connectivity index (χ1n) is 12.8. The molecule has 40 heavy (non-hydrogen) atoms. The Balaban J connectivity index is 1.96. The van der Waals surface area contributed by atoms with Crippen molar-refractivity contribution >= 4 is 39.1 Å². The van der Waals surface area contributed by atoms with E-state index in [1.165, 1.54) is 18.9 Å². The fourth-order valence-corrected chi connectivity index (χ4v) is 5.72. The van der Waals surface area contributed by atoms with Crippen LogP contribution in [0.1, 0.15) is 50.2 Å². The summed E-state index contributed by atoms with van der Waals surface area (Å²) in [5, 5.41) is 2.69. The molecule has 0 saturated heterocycles. The van der Waals surface area contributed by atoms with Crippen LogP contribution in [-0.2, 0) is 32.3 Å². The van der Waals surface area contributed by atoms with Crippen molar-refractivity contribution in [2.75, 3.05) is 24.2 Å². The molecule has 13 heteroatoms. The third-order valence-corrected chi connectivity index (χ3v) is 8.27. The number of nitrogens with zero attached hydrogens (tertiary/aromatic N) is 2. The molecule has 2 aromatic carbocycles. The summed E-state index contributed by atoms with van der Waals surface area (Å²) in [6, 6.07) is 7.98. The zero-order valence-corrected chi connectivity index (χ0v) is 24.1. The number of carbonyl (C=O) groups excluding carboxylic acids is 2. The molecule has 0 aromatic heterocycles. The molecule has 1 N–H and O–H groups in total. The van der Waals surface area contributed by atoms with E-state index in [1.807, 2.05) is 0 Å². The van der Waals surface area contributed by atoms with E-state index in [-0.39, 0.29) is 17.6 Å². The van der Waals surface area contributed by atoms with Crippen LogP contribution in [0.15, 0.2) is 42.5 Å². The van der Waals surface area contributed by atoms with Gasteiger partial charge < -0.3 is 15.0 Å². The summed E-state index contributed by atoms with van der Waals surface area (Å²) in [5.74, 6) is -0.697. The van der Waals surface area contributed by atoms with Crippen molar-refractivity contribution in [3.8, 4) is 5.75 Å². The maximum atomic E-state index is 13.7. The van der Waals surface area contributed by atoms with Crippen LogP contribution in [0.4, 0.5) is 18.9 Å². The summed E-state index contributed by atoms with van der Waals surface area (Å²) in [5.41, 5.74) is -1.01. The fraction of sp³-hybridized carbons (Fsp3) is 0.481. The number of nitrogens with one attached hydrogen (secondary N) is 1. The topological polar surface area (TPSA) is 96.0 Å². The zero-order valence-electron chi connectivity index (χ0n) is 22.5. The first kappa shape index (κ1) is 31.5. The molecule has 220 valence electrons. The molecule has 0 aliphatic heterocycles. The van der Waals surface area contributed by atoms with Gasteiger partial charge in [0.05, 0.1) is 29.6 Å². The number of hydrogen-bond donors (Lipinski definition) is 1. The van der Waals surface area contributed by atoms with Gasteiger partial charge in [0, 0.05) is 12.6 Å². The van der Waals surface area contributed by atoms with Gasteiger partial charge in [-0.05, 0) is 55.7 Å². The molecule has 0 bridgehead atoms. The molecular weight excluding hydrogens is 571 g/mol. The zero-order chi connectivity index (χ0) is 29.7. The molecule has 2 aromatic rings. The summed E-state index contributed by atoms with van der Waals surface area (Å²) in [4.78, 5) is 28.1. The van der Waals surface area contributed by atoms with Crippen LogP contribution >= 0.6 is 11.6 Å². The number of amides is 2. The fourth-order valence-electron chi connectivity index (χ4n) is 4.59. The van der Waals surface area contributed by atoms with Crippen molar-refractivity contribution in [1.29, 1.82) is 0 Å². The van der Waals surface area contributed by atoms with Crippen molar-refractivity contribution in [3.63, 3.8) is 0 Å². The lowest BCUT2D eigenvalue weighted by Gasteiger charge is -2.33. The summed E-state index contributed by atoms with van der Waals surface area (Å²) >= 11 is 6.12. The van der Waals surface area contributed by atoms with Gasteiger partial charge in [-0.15, -0.1) is 0 Å². The highest BCUT2D eigenvalue weighted by Crippen LogP contribution is 2.36. The van der Waals surface area contributed by atoms with Crippen molar-refractivity contribution in [2.45, 2.75) is 63.8 Å². The summed E-state index contributed by atoms with van der Waals surface area (Å²) in [6.45, 7) is 0.576. The lowest BCUT2D eigenvalue weighted by molar-refractivity contribution is -0.139. The van der Waals surface area contributed by atoms with Crippen LogP contribution in [0, 0.1) is 0 Å². The van der Waals surface area contributed by atoms with E-state index in [4.69, 9.17) is 16.3 Å². The minimum atomic E-state index is -4.77. The highest BCUT2D eigenvalue weighted by Gasteiger charge is 2.35. The van der Waals surface area contributed by atoms with Gasteiger partial charge in [0.2, 0.25) is 21.8 Å². The lowest BCUT2D eigenvalue weighted by Crippen LogP contribution is -2.53. The Bertz CT molecular complexity index is 1320. The van der Waals surface area contributed by atoms with Gasteiger partial charge in [0.1, 0.15) is 18.3 Å². The van der Waals surface area contributed by atoms with Gasteiger partial charge in [0.15, 0.2) is 0 Å². The summed E-state index contributed by atoms with van der Waals surface area (Å²) in [7, 11) is -2.79. The second-order valence-electron chi connectivity index (χ2n) is 9.83. The minimum Gasteiger partial charge on any atom is -0.497 e. The average Bonchev–Trinajstić information content (AvgIpc) is 2.89. The van der Waals surface area contributed by atoms with Gasteiger partial charge >= 0.3 is 6.18 Å². The van der Waals surface area contributed by atoms with Crippen LogP contribution in [0.5, 0.6) is 5.75 Å². The summed E-state index contributed by atoms with van der Waals surface area (Å²) < 4.78 is 71.4. The Hall–Kier alpha value is -2.99. The molecule has 0 heterocycles. The third-order valence-electron chi connectivity index (χ3n) is 6.83. The van der Waals surface area contributed by atoms with Crippen LogP contribution in [0.2, 0.25) is 5.02 Å². The molecule has 1 fully saturated rings. The normalized spacial score (nSPS) is 15.3. The maximum absolute atomic E-state index is 13.7. The SMILES string of the molecule is COc1cccc(CN(C(=O)CN(c2cc(C(F)(F)F)ccc2Cl)S(C)(=O)=O)[C@@H](C)C(=O)NC2CCCCC2)c1. The number of carbonyl (C=O) groups is 2. The number of alkyl halides is 3. The molecule has 2 amide bonds. The Morgan fingerprint density at radius 3 is 2.40 bits per heavy atom. The van der Waals surface area contributed by atoms with Gasteiger partial charge in [-0.2, -0.15) is 13.2 Å². The predicted octanol–water partition coefficient (Wildman–Crippen LogP) is 5.00. The van der Waals surface area contributed by atoms with Crippen molar-refractivity contribution in [2.24, 2.45) is 0 Å². The first-order chi connectivity index (χ1) is 18.7. The van der Waals surface area contributed by atoms with E-state index >= 15 is 0 Å². The average molecular weight is 604 g/mol. The molecule has 0 unspecified atom stereocenters. The van der Waals surface area contributed by atoms with E-state index in [2.05, 4.69) is 5.32 Å². The quantitative estimate of drug-likeness (QED) is 0.412. The number of benzene rings is 2. The van der Waals surface area contributed by atoms with E-state index in [1.54, 1.807) is 24.3 Å². The molecule has 1 aliphatic carbocycles. The number of anilines is 1. The molecule has 1 aliphatic rings.